The molecule has 1 saturated heterocycles. The summed E-state index contributed by atoms with van der Waals surface area (Å²) in [6.45, 7) is 4.67. The predicted octanol–water partition coefficient (Wildman–Crippen LogP) is 0.783. The molecule has 136 valence electrons. The summed E-state index contributed by atoms with van der Waals surface area (Å²) in [7, 11) is 0. The smallest absolute Gasteiger partial charge is 0.333 e. The van der Waals surface area contributed by atoms with Crippen LogP contribution in [-0.4, -0.2) is 53.6 Å². The van der Waals surface area contributed by atoms with Crippen LogP contribution < -0.4 is 0 Å². The van der Waals surface area contributed by atoms with E-state index in [9.17, 15) is 19.2 Å². The molecule has 9 heteroatoms. The Bertz CT molecular complexity index is 459. The number of carbonyl (C=O) groups is 4. The largest absolute Gasteiger partial charge is 0.479 e. The molecule has 0 aliphatic carbocycles. The van der Waals surface area contributed by atoms with Crippen molar-refractivity contribution in [1.82, 2.24) is 0 Å². The molecule has 0 aromatic rings. The second kappa shape index (κ2) is 9.21. The molecule has 9 nitrogen and oxygen atoms in total. The van der Waals surface area contributed by atoms with Gasteiger partial charge < -0.3 is 24.1 Å². The highest BCUT2D eigenvalue weighted by atomic mass is 16.7. The standard InChI is InChI=1S/C15H22O9/c1-4-10(16)21-8-7-9(14(19)20)22-15(24-12(18)6-3)13(8)23-11(17)5-2/h8-9,13,15H,4-7H2,1-3H3,(H,19,20)/t8-,9-,13+,15-/m0/s1. The zero-order valence-corrected chi connectivity index (χ0v) is 13.9. The molecule has 0 bridgehead atoms. The van der Waals surface area contributed by atoms with E-state index in [0.717, 1.165) is 0 Å². The molecule has 1 heterocycles. The Morgan fingerprint density at radius 2 is 1.42 bits per heavy atom. The van der Waals surface area contributed by atoms with E-state index in [0.29, 0.717) is 0 Å². The molecule has 0 amide bonds. The lowest BCUT2D eigenvalue weighted by Gasteiger charge is -2.38. The molecule has 0 aromatic carbocycles. The van der Waals surface area contributed by atoms with Crippen LogP contribution in [0.2, 0.25) is 0 Å². The molecule has 1 aliphatic heterocycles. The van der Waals surface area contributed by atoms with E-state index >= 15 is 0 Å². The lowest BCUT2D eigenvalue weighted by Crippen LogP contribution is -2.55. The Balaban J connectivity index is 3.05. The predicted molar refractivity (Wildman–Crippen MR) is 77.6 cm³/mol. The molecule has 0 radical (unpaired) electrons. The highest BCUT2D eigenvalue weighted by Gasteiger charge is 2.47. The van der Waals surface area contributed by atoms with Gasteiger partial charge in [0.1, 0.15) is 6.10 Å². The molecule has 0 aromatic heterocycles. The van der Waals surface area contributed by atoms with Gasteiger partial charge in [-0.1, -0.05) is 20.8 Å². The van der Waals surface area contributed by atoms with Crippen LogP contribution in [0.4, 0.5) is 0 Å². The third kappa shape index (κ3) is 5.48. The van der Waals surface area contributed by atoms with Crippen LogP contribution in [-0.2, 0) is 38.1 Å². The molecule has 1 N–H and O–H groups in total. The molecule has 1 aliphatic rings. The number of esters is 3. The summed E-state index contributed by atoms with van der Waals surface area (Å²) < 4.78 is 20.6. The van der Waals surface area contributed by atoms with Gasteiger partial charge in [-0.25, -0.2) is 4.79 Å². The number of rotatable bonds is 7. The minimum absolute atomic E-state index is 0.0193. The van der Waals surface area contributed by atoms with Crippen molar-refractivity contribution in [3.05, 3.63) is 0 Å². The first kappa shape index (κ1) is 19.9. The van der Waals surface area contributed by atoms with Crippen molar-refractivity contribution in [2.24, 2.45) is 0 Å². The first-order valence-corrected chi connectivity index (χ1v) is 7.78. The van der Waals surface area contributed by atoms with Crippen molar-refractivity contribution in [2.45, 2.75) is 71.1 Å². The number of hydrogen-bond donors (Lipinski definition) is 1. The second-order valence-electron chi connectivity index (χ2n) is 5.10. The van der Waals surface area contributed by atoms with E-state index in [1.165, 1.54) is 0 Å². The summed E-state index contributed by atoms with van der Waals surface area (Å²) in [5.41, 5.74) is 0. The molecule has 4 atom stereocenters. The maximum absolute atomic E-state index is 11.6. The maximum atomic E-state index is 11.6. The fourth-order valence-corrected chi connectivity index (χ4v) is 2.02. The summed E-state index contributed by atoms with van der Waals surface area (Å²) in [4.78, 5) is 46.0. The molecule has 0 spiro atoms. The molecule has 1 rings (SSSR count). The van der Waals surface area contributed by atoms with Gasteiger partial charge in [0, 0.05) is 25.7 Å². The van der Waals surface area contributed by atoms with Gasteiger partial charge in [0.2, 0.25) is 12.4 Å². The van der Waals surface area contributed by atoms with E-state index in [-0.39, 0.29) is 25.7 Å². The second-order valence-corrected chi connectivity index (χ2v) is 5.10. The van der Waals surface area contributed by atoms with Gasteiger partial charge in [-0.2, -0.15) is 0 Å². The molecule has 1 fully saturated rings. The number of hydrogen-bond acceptors (Lipinski definition) is 8. The van der Waals surface area contributed by atoms with Crippen molar-refractivity contribution < 1.29 is 43.2 Å². The van der Waals surface area contributed by atoms with Crippen molar-refractivity contribution in [1.29, 1.82) is 0 Å². The lowest BCUT2D eigenvalue weighted by molar-refractivity contribution is -0.268. The van der Waals surface area contributed by atoms with Gasteiger partial charge >= 0.3 is 23.9 Å². The monoisotopic (exact) mass is 346 g/mol. The van der Waals surface area contributed by atoms with Crippen molar-refractivity contribution in [2.75, 3.05) is 0 Å². The van der Waals surface area contributed by atoms with E-state index in [1.807, 2.05) is 0 Å². The van der Waals surface area contributed by atoms with Crippen LogP contribution in [0, 0.1) is 0 Å². The molecule has 0 saturated carbocycles. The molecule has 0 unspecified atom stereocenters. The van der Waals surface area contributed by atoms with E-state index in [2.05, 4.69) is 0 Å². The van der Waals surface area contributed by atoms with Crippen molar-refractivity contribution >= 4 is 23.9 Å². The summed E-state index contributed by atoms with van der Waals surface area (Å²) in [6, 6.07) is 0. The lowest BCUT2D eigenvalue weighted by atomic mass is 10.0. The van der Waals surface area contributed by atoms with Gasteiger partial charge in [-0.15, -0.1) is 0 Å². The van der Waals surface area contributed by atoms with E-state index < -0.39 is 48.5 Å². The average molecular weight is 346 g/mol. The Morgan fingerprint density at radius 3 is 1.92 bits per heavy atom. The maximum Gasteiger partial charge on any atom is 0.333 e. The van der Waals surface area contributed by atoms with Crippen LogP contribution in [0.25, 0.3) is 0 Å². The van der Waals surface area contributed by atoms with Crippen LogP contribution in [0.5, 0.6) is 0 Å². The molecular weight excluding hydrogens is 324 g/mol. The van der Waals surface area contributed by atoms with Crippen molar-refractivity contribution in [3.8, 4) is 0 Å². The van der Waals surface area contributed by atoms with Crippen LogP contribution in [0.1, 0.15) is 46.5 Å². The van der Waals surface area contributed by atoms with Gasteiger partial charge in [0.15, 0.2) is 6.10 Å². The zero-order valence-electron chi connectivity index (χ0n) is 13.9. The summed E-state index contributed by atoms with van der Waals surface area (Å²) in [5.74, 6) is -3.17. The Hall–Kier alpha value is -2.16. The normalized spacial score (nSPS) is 26.3. The van der Waals surface area contributed by atoms with Crippen LogP contribution >= 0.6 is 0 Å². The third-order valence-electron chi connectivity index (χ3n) is 3.32. The summed E-state index contributed by atoms with van der Waals surface area (Å²) in [5, 5.41) is 9.16. The first-order valence-electron chi connectivity index (χ1n) is 7.78. The minimum atomic E-state index is -1.46. The average Bonchev–Trinajstić information content (AvgIpc) is 2.56. The fraction of sp³-hybridized carbons (Fsp3) is 0.733. The topological polar surface area (TPSA) is 125 Å². The van der Waals surface area contributed by atoms with Gasteiger partial charge in [0.05, 0.1) is 0 Å². The molecular formula is C15H22O9. The van der Waals surface area contributed by atoms with E-state index in [4.69, 9.17) is 24.1 Å². The van der Waals surface area contributed by atoms with Gasteiger partial charge in [-0.05, 0) is 0 Å². The summed E-state index contributed by atoms with van der Waals surface area (Å²) in [6.07, 6.45) is -5.22. The number of carbonyl (C=O) groups excluding carboxylic acids is 3. The highest BCUT2D eigenvalue weighted by molar-refractivity contribution is 5.74. The minimum Gasteiger partial charge on any atom is -0.479 e. The number of carboxylic acids is 1. The molecule has 24 heavy (non-hydrogen) atoms. The van der Waals surface area contributed by atoms with Gasteiger partial charge in [-0.3, -0.25) is 14.4 Å². The zero-order chi connectivity index (χ0) is 18.3. The Labute approximate surface area is 139 Å². The Kier molecular flexibility index (Phi) is 7.63. The third-order valence-corrected chi connectivity index (χ3v) is 3.32. The fourth-order valence-electron chi connectivity index (χ4n) is 2.02. The number of ether oxygens (including phenoxy) is 4. The van der Waals surface area contributed by atoms with Crippen LogP contribution in [0.3, 0.4) is 0 Å². The van der Waals surface area contributed by atoms with Crippen molar-refractivity contribution in [3.63, 3.8) is 0 Å². The quantitative estimate of drug-likeness (QED) is 0.525. The van der Waals surface area contributed by atoms with Crippen LogP contribution in [0.15, 0.2) is 0 Å². The summed E-state index contributed by atoms with van der Waals surface area (Å²) >= 11 is 0. The van der Waals surface area contributed by atoms with Gasteiger partial charge in [0.25, 0.3) is 0 Å². The SMILES string of the molecule is CCC(=O)O[C@@H]1O[C@H](C(=O)O)C[C@H](OC(=O)CC)[C@H]1OC(=O)CC. The van der Waals surface area contributed by atoms with E-state index in [1.54, 1.807) is 20.8 Å². The first-order chi connectivity index (χ1) is 11.3. The number of carboxylic acid groups (broad SMARTS) is 1. The highest BCUT2D eigenvalue weighted by Crippen LogP contribution is 2.27. The Morgan fingerprint density at radius 1 is 0.917 bits per heavy atom. The number of aliphatic carboxylic acids is 1.